The first kappa shape index (κ1) is 17.7. The van der Waals surface area contributed by atoms with E-state index in [0.29, 0.717) is 18.5 Å². The molecular weight excluding hydrogens is 309 g/mol. The predicted molar refractivity (Wildman–Crippen MR) is 79.7 cm³/mol. The van der Waals surface area contributed by atoms with Crippen molar-refractivity contribution in [2.45, 2.75) is 31.7 Å². The van der Waals surface area contributed by atoms with Gasteiger partial charge in [-0.15, -0.1) is 0 Å². The molecule has 7 heteroatoms. The Morgan fingerprint density at radius 3 is 2.74 bits per heavy atom. The Morgan fingerprint density at radius 1 is 1.43 bits per heavy atom. The number of aliphatic hydroxyl groups is 1. The molecule has 0 spiro atoms. The van der Waals surface area contributed by atoms with Gasteiger partial charge >= 0.3 is 6.18 Å². The highest BCUT2D eigenvalue weighted by atomic mass is 19.4. The van der Waals surface area contributed by atoms with Gasteiger partial charge in [-0.1, -0.05) is 12.1 Å². The van der Waals surface area contributed by atoms with Crippen molar-refractivity contribution in [3.05, 3.63) is 35.4 Å². The van der Waals surface area contributed by atoms with Crippen LogP contribution in [-0.2, 0) is 11.0 Å². The van der Waals surface area contributed by atoms with E-state index in [9.17, 15) is 23.1 Å². The van der Waals surface area contributed by atoms with Crippen molar-refractivity contribution in [3.63, 3.8) is 0 Å². The summed E-state index contributed by atoms with van der Waals surface area (Å²) in [6.07, 6.45) is -4.73. The number of hydrogen-bond acceptors (Lipinski definition) is 3. The molecule has 0 bridgehead atoms. The van der Waals surface area contributed by atoms with Crippen molar-refractivity contribution < 1.29 is 23.1 Å². The van der Waals surface area contributed by atoms with Crippen LogP contribution in [0.2, 0.25) is 0 Å². The number of β-amino-alcohol motifs (C(OH)–C–C–N with tert-alkyl or cyclic N) is 1. The summed E-state index contributed by atoms with van der Waals surface area (Å²) in [6.45, 7) is 2.77. The first-order chi connectivity index (χ1) is 10.7. The molecule has 0 radical (unpaired) electrons. The van der Waals surface area contributed by atoms with Gasteiger partial charge in [0.15, 0.2) is 0 Å². The quantitative estimate of drug-likeness (QED) is 0.921. The van der Waals surface area contributed by atoms with E-state index in [1.165, 1.54) is 6.07 Å². The third-order valence-corrected chi connectivity index (χ3v) is 4.22. The molecule has 1 N–H and O–H groups in total. The number of halogens is 3. The van der Waals surface area contributed by atoms with Gasteiger partial charge in [-0.3, -0.25) is 9.69 Å². The summed E-state index contributed by atoms with van der Waals surface area (Å²) in [6, 6.07) is 4.71. The molecular formula is C16H21F3N2O2. The molecule has 2 rings (SSSR count). The summed E-state index contributed by atoms with van der Waals surface area (Å²) in [5.74, 6) is -0.112. The van der Waals surface area contributed by atoms with Gasteiger partial charge in [0.05, 0.1) is 18.2 Å². The van der Waals surface area contributed by atoms with Crippen LogP contribution in [0.5, 0.6) is 0 Å². The molecule has 1 aliphatic rings. The van der Waals surface area contributed by atoms with Crippen molar-refractivity contribution in [1.29, 1.82) is 0 Å². The highest BCUT2D eigenvalue weighted by Crippen LogP contribution is 2.36. The molecule has 1 aromatic carbocycles. The molecule has 1 aliphatic heterocycles. The first-order valence-corrected chi connectivity index (χ1v) is 7.55. The fourth-order valence-corrected chi connectivity index (χ4v) is 2.79. The van der Waals surface area contributed by atoms with E-state index in [1.54, 1.807) is 22.9 Å². The minimum absolute atomic E-state index is 0.0856. The molecule has 1 saturated heterocycles. The van der Waals surface area contributed by atoms with E-state index in [2.05, 4.69) is 0 Å². The van der Waals surface area contributed by atoms with Crippen molar-refractivity contribution in [3.8, 4) is 0 Å². The summed E-state index contributed by atoms with van der Waals surface area (Å²) >= 11 is 0. The molecule has 23 heavy (non-hydrogen) atoms. The normalized spacial score (nSPS) is 22.3. The summed E-state index contributed by atoms with van der Waals surface area (Å²) in [7, 11) is 1.67. The molecule has 0 unspecified atom stereocenters. The predicted octanol–water partition coefficient (Wildman–Crippen LogP) is 2.29. The van der Waals surface area contributed by atoms with Crippen LogP contribution >= 0.6 is 0 Å². The maximum absolute atomic E-state index is 12.9. The highest BCUT2D eigenvalue weighted by Gasteiger charge is 2.36. The van der Waals surface area contributed by atoms with Crippen LogP contribution in [0.3, 0.4) is 0 Å². The Balaban J connectivity index is 2.21. The second-order valence-electron chi connectivity index (χ2n) is 5.87. The maximum Gasteiger partial charge on any atom is 0.416 e. The zero-order valence-electron chi connectivity index (χ0n) is 13.2. The van der Waals surface area contributed by atoms with Crippen molar-refractivity contribution in [2.75, 3.05) is 26.7 Å². The third kappa shape index (κ3) is 4.23. The van der Waals surface area contributed by atoms with Gasteiger partial charge in [-0.2, -0.15) is 13.2 Å². The van der Waals surface area contributed by atoms with Crippen LogP contribution in [0, 0.1) is 0 Å². The Hall–Kier alpha value is -1.60. The van der Waals surface area contributed by atoms with Crippen LogP contribution < -0.4 is 0 Å². The summed E-state index contributed by atoms with van der Waals surface area (Å²) in [5, 5.41) is 9.88. The van der Waals surface area contributed by atoms with Crippen molar-refractivity contribution >= 4 is 5.91 Å². The molecule has 0 aromatic heterocycles. The fourth-order valence-electron chi connectivity index (χ4n) is 2.79. The van der Waals surface area contributed by atoms with E-state index in [-0.39, 0.29) is 25.0 Å². The van der Waals surface area contributed by atoms with E-state index in [1.807, 2.05) is 6.92 Å². The topological polar surface area (TPSA) is 43.8 Å². The molecule has 4 nitrogen and oxygen atoms in total. The number of carbonyl (C=O) groups is 1. The smallest absolute Gasteiger partial charge is 0.392 e. The number of rotatable bonds is 4. The van der Waals surface area contributed by atoms with Crippen LogP contribution in [0.15, 0.2) is 24.3 Å². The van der Waals surface area contributed by atoms with Gasteiger partial charge in [0.25, 0.3) is 0 Å². The molecule has 0 saturated carbocycles. The Kier molecular flexibility index (Phi) is 5.31. The highest BCUT2D eigenvalue weighted by molar-refractivity contribution is 5.78. The molecule has 1 heterocycles. The molecule has 0 aliphatic carbocycles. The van der Waals surface area contributed by atoms with Gasteiger partial charge in [-0.25, -0.2) is 0 Å². The molecule has 128 valence electrons. The summed E-state index contributed by atoms with van der Waals surface area (Å²) in [4.78, 5) is 15.4. The second kappa shape index (κ2) is 6.88. The van der Waals surface area contributed by atoms with Gasteiger partial charge in [-0.05, 0) is 31.0 Å². The van der Waals surface area contributed by atoms with E-state index in [0.717, 1.165) is 12.1 Å². The lowest BCUT2D eigenvalue weighted by Crippen LogP contribution is -2.38. The lowest BCUT2D eigenvalue weighted by atomic mass is 10.0. The number of likely N-dealkylation sites (N-methyl/N-ethyl adjacent to an activating group) is 1. The number of nitrogens with zero attached hydrogens (tertiary/aromatic N) is 2. The van der Waals surface area contributed by atoms with E-state index >= 15 is 0 Å². The number of alkyl halides is 3. The van der Waals surface area contributed by atoms with Gasteiger partial charge < -0.3 is 10.0 Å². The van der Waals surface area contributed by atoms with Gasteiger partial charge in [0, 0.05) is 26.2 Å². The van der Waals surface area contributed by atoms with Gasteiger partial charge in [0.1, 0.15) is 0 Å². The van der Waals surface area contributed by atoms with E-state index in [4.69, 9.17) is 0 Å². The van der Waals surface area contributed by atoms with Crippen LogP contribution in [-0.4, -0.2) is 53.6 Å². The average Bonchev–Trinajstić information content (AvgIpc) is 2.86. The Labute approximate surface area is 133 Å². The maximum atomic E-state index is 12.9. The minimum atomic E-state index is -4.41. The average molecular weight is 330 g/mol. The number of amides is 1. The molecule has 1 aromatic rings. The number of likely N-dealkylation sites (tertiary alicyclic amines) is 1. The summed E-state index contributed by atoms with van der Waals surface area (Å²) in [5.41, 5.74) is -0.239. The fraction of sp³-hybridized carbons (Fsp3) is 0.562. The lowest BCUT2D eigenvalue weighted by molar-refractivity contribution is -0.137. The number of hydrogen-bond donors (Lipinski definition) is 1. The van der Waals surface area contributed by atoms with Gasteiger partial charge in [0.2, 0.25) is 5.91 Å². The molecule has 1 fully saturated rings. The van der Waals surface area contributed by atoms with Crippen molar-refractivity contribution in [1.82, 2.24) is 9.80 Å². The van der Waals surface area contributed by atoms with E-state index < -0.39 is 17.8 Å². The zero-order valence-corrected chi connectivity index (χ0v) is 13.2. The first-order valence-electron chi connectivity index (χ1n) is 7.55. The summed E-state index contributed by atoms with van der Waals surface area (Å²) < 4.78 is 38.6. The molecule has 2 atom stereocenters. The number of aliphatic hydroxyl groups excluding tert-OH is 1. The molecule has 1 amide bonds. The zero-order chi connectivity index (χ0) is 17.2. The third-order valence-electron chi connectivity index (χ3n) is 4.22. The van der Waals surface area contributed by atoms with Crippen molar-refractivity contribution in [2.24, 2.45) is 0 Å². The monoisotopic (exact) mass is 330 g/mol. The van der Waals surface area contributed by atoms with Crippen LogP contribution in [0.25, 0.3) is 0 Å². The lowest BCUT2D eigenvalue weighted by Gasteiger charge is -2.26. The SMILES string of the molecule is CCN(C)C(=O)CN1C[C@H](O)C[C@H]1c1cccc(C(F)(F)F)c1. The van der Waals surface area contributed by atoms with Crippen LogP contribution in [0.1, 0.15) is 30.5 Å². The largest absolute Gasteiger partial charge is 0.416 e. The number of carbonyl (C=O) groups excluding carboxylic acids is 1. The Bertz CT molecular complexity index is 563. The standard InChI is InChI=1S/C16H21F3N2O2/c1-3-20(2)15(23)10-21-9-13(22)8-14(21)11-5-4-6-12(7-11)16(17,18)19/h4-7,13-14,22H,3,8-10H2,1-2H3/t13-,14+/m1/s1. The number of benzene rings is 1. The second-order valence-corrected chi connectivity index (χ2v) is 5.87. The Morgan fingerprint density at radius 2 is 2.13 bits per heavy atom. The minimum Gasteiger partial charge on any atom is -0.392 e. The van der Waals surface area contributed by atoms with Crippen LogP contribution in [0.4, 0.5) is 13.2 Å².